The Kier molecular flexibility index (Phi) is 4.63. The van der Waals surface area contributed by atoms with Gasteiger partial charge in [0.25, 0.3) is 0 Å². The molecule has 0 unspecified atom stereocenters. The Bertz CT molecular complexity index is 521. The van der Waals surface area contributed by atoms with Gasteiger partial charge in [0, 0.05) is 11.4 Å². The average molecular weight is 282 g/mol. The van der Waals surface area contributed by atoms with Crippen LogP contribution in [-0.4, -0.2) is 26.8 Å². The van der Waals surface area contributed by atoms with Crippen molar-refractivity contribution in [2.24, 2.45) is 5.92 Å². The number of aromatic carboxylic acids is 1. The molecule has 0 bridgehead atoms. The van der Waals surface area contributed by atoms with Gasteiger partial charge in [-0.2, -0.15) is 4.98 Å². The van der Waals surface area contributed by atoms with Crippen molar-refractivity contribution in [1.82, 2.24) is 9.97 Å². The first-order valence-electron chi connectivity index (χ1n) is 6.55. The van der Waals surface area contributed by atoms with Crippen LogP contribution >= 0.6 is 11.8 Å². The number of carboxylic acids is 1. The number of aromatic amines is 1. The van der Waals surface area contributed by atoms with E-state index in [1.54, 1.807) is 6.92 Å². The van der Waals surface area contributed by atoms with Crippen molar-refractivity contribution in [3.63, 3.8) is 0 Å². The van der Waals surface area contributed by atoms with Crippen LogP contribution in [0, 0.1) is 12.8 Å². The molecule has 1 fully saturated rings. The fourth-order valence-corrected chi connectivity index (χ4v) is 3.73. The van der Waals surface area contributed by atoms with E-state index in [9.17, 15) is 14.7 Å². The van der Waals surface area contributed by atoms with E-state index in [1.165, 1.54) is 43.9 Å². The molecule has 0 saturated heterocycles. The Labute approximate surface area is 115 Å². The number of nitrogens with one attached hydrogen (secondary N) is 1. The Morgan fingerprint density at radius 2 is 2.11 bits per heavy atom. The lowest BCUT2D eigenvalue weighted by Crippen LogP contribution is -2.19. The Morgan fingerprint density at radius 3 is 2.74 bits per heavy atom. The third-order valence-electron chi connectivity index (χ3n) is 3.48. The molecule has 1 aliphatic carbocycles. The maximum atomic E-state index is 11.4. The number of hydrogen-bond acceptors (Lipinski definition) is 4. The van der Waals surface area contributed by atoms with Crippen LogP contribution in [0.25, 0.3) is 0 Å². The summed E-state index contributed by atoms with van der Waals surface area (Å²) in [5, 5.41) is 9.55. The van der Waals surface area contributed by atoms with Gasteiger partial charge in [-0.3, -0.25) is 0 Å². The highest BCUT2D eigenvalue weighted by Gasteiger charge is 2.19. The lowest BCUT2D eigenvalue weighted by Gasteiger charge is -2.21. The second kappa shape index (κ2) is 6.23. The minimum Gasteiger partial charge on any atom is -0.478 e. The number of H-pyrrole nitrogens is 1. The van der Waals surface area contributed by atoms with Crippen molar-refractivity contribution in [2.45, 2.75) is 44.1 Å². The lowest BCUT2D eigenvalue weighted by molar-refractivity contribution is 0.0690. The van der Waals surface area contributed by atoms with E-state index in [1.807, 2.05) is 0 Å². The molecule has 2 rings (SSSR count). The van der Waals surface area contributed by atoms with Crippen molar-refractivity contribution in [1.29, 1.82) is 0 Å². The predicted octanol–water partition coefficient (Wildman–Crippen LogP) is 2.45. The molecular formula is C13H18N2O3S. The second-order valence-electron chi connectivity index (χ2n) is 4.97. The van der Waals surface area contributed by atoms with Crippen molar-refractivity contribution >= 4 is 17.7 Å². The molecule has 1 aliphatic rings. The van der Waals surface area contributed by atoms with Crippen LogP contribution in [0.2, 0.25) is 0 Å². The minimum atomic E-state index is -1.03. The summed E-state index contributed by atoms with van der Waals surface area (Å²) >= 11 is 1.40. The lowest BCUT2D eigenvalue weighted by atomic mass is 9.91. The second-order valence-corrected chi connectivity index (χ2v) is 5.98. The van der Waals surface area contributed by atoms with Crippen LogP contribution in [0.3, 0.4) is 0 Å². The highest BCUT2D eigenvalue weighted by molar-refractivity contribution is 7.99. The number of nitrogens with zero attached hydrogens (tertiary/aromatic N) is 1. The summed E-state index contributed by atoms with van der Waals surface area (Å²) in [5.74, 6) is 0.421. The van der Waals surface area contributed by atoms with Crippen LogP contribution in [0.5, 0.6) is 0 Å². The minimum absolute atomic E-state index is 0.125. The topological polar surface area (TPSA) is 83.0 Å². The van der Waals surface area contributed by atoms with Gasteiger partial charge >= 0.3 is 11.7 Å². The fraction of sp³-hybridized carbons (Fsp3) is 0.615. The number of carbonyl (C=O) groups is 1. The van der Waals surface area contributed by atoms with Gasteiger partial charge < -0.3 is 10.1 Å². The maximum Gasteiger partial charge on any atom is 0.346 e. The highest BCUT2D eigenvalue weighted by Crippen LogP contribution is 2.30. The van der Waals surface area contributed by atoms with Gasteiger partial charge in [0.1, 0.15) is 10.6 Å². The molecule has 1 heterocycles. The molecule has 0 spiro atoms. The standard InChI is InChI=1S/C13H18N2O3S/c1-8-10(12(16)17)11(15-13(18)14-8)19-7-9-5-3-2-4-6-9/h9H,2-7H2,1H3,(H,16,17)(H,14,15,18). The van der Waals surface area contributed by atoms with Gasteiger partial charge in [0.05, 0.1) is 0 Å². The molecule has 1 aromatic rings. The molecule has 104 valence electrons. The maximum absolute atomic E-state index is 11.4. The smallest absolute Gasteiger partial charge is 0.346 e. The first-order valence-corrected chi connectivity index (χ1v) is 7.53. The van der Waals surface area contributed by atoms with E-state index >= 15 is 0 Å². The first kappa shape index (κ1) is 14.1. The fourth-order valence-electron chi connectivity index (χ4n) is 2.47. The molecule has 5 nitrogen and oxygen atoms in total. The van der Waals surface area contributed by atoms with Crippen LogP contribution in [0.15, 0.2) is 9.82 Å². The summed E-state index contributed by atoms with van der Waals surface area (Å²) in [5.41, 5.74) is 0.0210. The number of thioether (sulfide) groups is 1. The SMILES string of the molecule is Cc1[nH]c(=O)nc(SCC2CCCCC2)c1C(=O)O. The Morgan fingerprint density at radius 1 is 1.42 bits per heavy atom. The average Bonchev–Trinajstić information content (AvgIpc) is 2.36. The van der Waals surface area contributed by atoms with E-state index in [4.69, 9.17) is 0 Å². The van der Waals surface area contributed by atoms with Crippen LogP contribution < -0.4 is 5.69 Å². The molecule has 0 aliphatic heterocycles. The molecule has 1 saturated carbocycles. The normalized spacial score (nSPS) is 16.5. The molecule has 6 heteroatoms. The van der Waals surface area contributed by atoms with Crippen molar-refractivity contribution < 1.29 is 9.90 Å². The summed E-state index contributed by atoms with van der Waals surface area (Å²) in [6, 6.07) is 0. The zero-order valence-corrected chi connectivity index (χ0v) is 11.8. The number of aromatic nitrogens is 2. The van der Waals surface area contributed by atoms with E-state index < -0.39 is 11.7 Å². The number of aryl methyl sites for hydroxylation is 1. The van der Waals surface area contributed by atoms with Gasteiger partial charge in [-0.05, 0) is 25.7 Å². The van der Waals surface area contributed by atoms with Crippen LogP contribution in [0.1, 0.15) is 48.2 Å². The largest absolute Gasteiger partial charge is 0.478 e. The summed E-state index contributed by atoms with van der Waals surface area (Å²) in [4.78, 5) is 28.8. The van der Waals surface area contributed by atoms with E-state index in [0.29, 0.717) is 16.6 Å². The van der Waals surface area contributed by atoms with Crippen molar-refractivity contribution in [3.8, 4) is 0 Å². The summed E-state index contributed by atoms with van der Waals surface area (Å²) in [6.45, 7) is 1.59. The van der Waals surface area contributed by atoms with Crippen molar-refractivity contribution in [3.05, 3.63) is 21.7 Å². The summed E-state index contributed by atoms with van der Waals surface area (Å²) in [6.07, 6.45) is 6.18. The third kappa shape index (κ3) is 3.59. The van der Waals surface area contributed by atoms with Gasteiger partial charge in [-0.1, -0.05) is 19.3 Å². The summed E-state index contributed by atoms with van der Waals surface area (Å²) < 4.78 is 0. The number of rotatable bonds is 4. The van der Waals surface area contributed by atoms with Crippen LogP contribution in [0.4, 0.5) is 0 Å². The van der Waals surface area contributed by atoms with Gasteiger partial charge in [0.2, 0.25) is 0 Å². The molecular weight excluding hydrogens is 264 g/mol. The van der Waals surface area contributed by atoms with Crippen molar-refractivity contribution in [2.75, 3.05) is 5.75 Å². The monoisotopic (exact) mass is 282 g/mol. The third-order valence-corrected chi connectivity index (χ3v) is 4.69. The highest BCUT2D eigenvalue weighted by atomic mass is 32.2. The number of hydrogen-bond donors (Lipinski definition) is 2. The van der Waals surface area contributed by atoms with E-state index in [2.05, 4.69) is 9.97 Å². The van der Waals surface area contributed by atoms with E-state index in [0.717, 1.165) is 5.75 Å². The molecule has 0 radical (unpaired) electrons. The molecule has 0 amide bonds. The van der Waals surface area contributed by atoms with Gasteiger partial charge in [-0.15, -0.1) is 11.8 Å². The molecule has 1 aromatic heterocycles. The Hall–Kier alpha value is -1.30. The van der Waals surface area contributed by atoms with Gasteiger partial charge in [-0.25, -0.2) is 9.59 Å². The van der Waals surface area contributed by atoms with Crippen LogP contribution in [-0.2, 0) is 0 Å². The zero-order valence-electron chi connectivity index (χ0n) is 10.9. The quantitative estimate of drug-likeness (QED) is 0.654. The molecule has 19 heavy (non-hydrogen) atoms. The summed E-state index contributed by atoms with van der Waals surface area (Å²) in [7, 11) is 0. The number of carboxylic acid groups (broad SMARTS) is 1. The molecule has 0 atom stereocenters. The van der Waals surface area contributed by atoms with Gasteiger partial charge in [0.15, 0.2) is 0 Å². The Balaban J connectivity index is 2.14. The first-order chi connectivity index (χ1) is 9.08. The predicted molar refractivity (Wildman–Crippen MR) is 73.9 cm³/mol. The van der Waals surface area contributed by atoms with E-state index in [-0.39, 0.29) is 5.56 Å². The molecule has 0 aromatic carbocycles. The molecule has 2 N–H and O–H groups in total. The zero-order chi connectivity index (χ0) is 13.8.